The van der Waals surface area contributed by atoms with Crippen LogP contribution in [-0.4, -0.2) is 18.4 Å². The predicted molar refractivity (Wildman–Crippen MR) is 129 cm³/mol. The first-order chi connectivity index (χ1) is 16.1. The number of hydrogen-bond acceptors (Lipinski definition) is 5. The molecule has 33 heavy (non-hydrogen) atoms. The fraction of sp³-hybridized carbons (Fsp3) is 0.259. The molecule has 5 rings (SSSR count). The third-order valence-corrected chi connectivity index (χ3v) is 6.48. The van der Waals surface area contributed by atoms with Gasteiger partial charge in [-0.2, -0.15) is 0 Å². The Morgan fingerprint density at radius 3 is 2.67 bits per heavy atom. The molecule has 0 aliphatic carbocycles. The lowest BCUT2D eigenvalue weighted by atomic mass is 9.91. The van der Waals surface area contributed by atoms with Gasteiger partial charge in [-0.25, -0.2) is 0 Å². The number of fused-ring (bicyclic) bond motifs is 2. The van der Waals surface area contributed by atoms with Gasteiger partial charge in [-0.1, -0.05) is 42.5 Å². The van der Waals surface area contributed by atoms with Crippen LogP contribution in [-0.2, 0) is 13.2 Å². The SMILES string of the molecule is Cc1cc2c(cc1/C=C/C1NCC(Cl)c3cc(OCc4ccccc4)c(CO)cc31)OCO2. The van der Waals surface area contributed by atoms with E-state index in [0.717, 1.165) is 44.9 Å². The lowest BCUT2D eigenvalue weighted by molar-refractivity contribution is 0.174. The number of rotatable bonds is 6. The maximum Gasteiger partial charge on any atom is 0.231 e. The normalized spacial score (nSPS) is 19.0. The Kier molecular flexibility index (Phi) is 6.27. The van der Waals surface area contributed by atoms with Crippen molar-refractivity contribution in [2.24, 2.45) is 0 Å². The van der Waals surface area contributed by atoms with Gasteiger partial charge in [0.1, 0.15) is 12.4 Å². The molecule has 170 valence electrons. The summed E-state index contributed by atoms with van der Waals surface area (Å²) in [5.41, 5.74) is 6.07. The second-order valence-corrected chi connectivity index (χ2v) is 8.82. The van der Waals surface area contributed by atoms with Crippen molar-refractivity contribution in [3.05, 3.63) is 94.1 Å². The summed E-state index contributed by atoms with van der Waals surface area (Å²) in [6.07, 6.45) is 4.21. The van der Waals surface area contributed by atoms with Crippen LogP contribution in [0, 0.1) is 6.92 Å². The van der Waals surface area contributed by atoms with Gasteiger partial charge in [-0.15, -0.1) is 11.6 Å². The Morgan fingerprint density at radius 1 is 1.09 bits per heavy atom. The topological polar surface area (TPSA) is 60.0 Å². The van der Waals surface area contributed by atoms with Crippen LogP contribution in [0.3, 0.4) is 0 Å². The minimum absolute atomic E-state index is 0.0340. The maximum atomic E-state index is 10.0. The van der Waals surface area contributed by atoms with E-state index in [-0.39, 0.29) is 24.8 Å². The van der Waals surface area contributed by atoms with E-state index in [1.54, 1.807) is 0 Å². The predicted octanol–water partition coefficient (Wildman–Crippen LogP) is 5.43. The van der Waals surface area contributed by atoms with Crippen LogP contribution in [0.1, 0.15) is 44.8 Å². The molecule has 0 fully saturated rings. The standard InChI is InChI=1S/C27H26ClNO4/c1-17-9-26-27(33-16-32-26)11-19(17)7-8-24-22-10-20(14-30)25(12-21(22)23(28)13-29-24)31-15-18-5-3-2-4-6-18/h2-12,23-24,29-30H,13-16H2,1H3/b8-7+. The van der Waals surface area contributed by atoms with Crippen molar-refractivity contribution in [1.29, 1.82) is 0 Å². The molecule has 2 unspecified atom stereocenters. The number of hydrogen-bond donors (Lipinski definition) is 2. The summed E-state index contributed by atoms with van der Waals surface area (Å²) in [6.45, 7) is 3.28. The molecule has 3 aromatic rings. The highest BCUT2D eigenvalue weighted by Crippen LogP contribution is 2.39. The van der Waals surface area contributed by atoms with Gasteiger partial charge in [0.2, 0.25) is 6.79 Å². The highest BCUT2D eigenvalue weighted by molar-refractivity contribution is 6.21. The van der Waals surface area contributed by atoms with E-state index in [1.807, 2.05) is 54.6 Å². The summed E-state index contributed by atoms with van der Waals surface area (Å²) in [4.78, 5) is 0. The highest BCUT2D eigenvalue weighted by Gasteiger charge is 2.26. The zero-order valence-corrected chi connectivity index (χ0v) is 19.1. The molecule has 0 saturated heterocycles. The molecule has 3 aromatic carbocycles. The van der Waals surface area contributed by atoms with Crippen molar-refractivity contribution < 1.29 is 19.3 Å². The summed E-state index contributed by atoms with van der Waals surface area (Å²) < 4.78 is 17.1. The molecule has 2 aliphatic rings. The summed E-state index contributed by atoms with van der Waals surface area (Å²) in [7, 11) is 0. The Bertz CT molecular complexity index is 1180. The molecule has 2 aliphatic heterocycles. The van der Waals surface area contributed by atoms with Crippen molar-refractivity contribution in [2.75, 3.05) is 13.3 Å². The number of benzene rings is 3. The molecular formula is C27H26ClNO4. The molecule has 0 amide bonds. The number of aliphatic hydroxyl groups excluding tert-OH is 1. The smallest absolute Gasteiger partial charge is 0.231 e. The van der Waals surface area contributed by atoms with Gasteiger partial charge in [0, 0.05) is 12.1 Å². The number of alkyl halides is 1. The zero-order valence-electron chi connectivity index (χ0n) is 18.4. The largest absolute Gasteiger partial charge is 0.489 e. The van der Waals surface area contributed by atoms with Crippen molar-refractivity contribution >= 4 is 17.7 Å². The van der Waals surface area contributed by atoms with E-state index >= 15 is 0 Å². The van der Waals surface area contributed by atoms with E-state index in [2.05, 4.69) is 24.4 Å². The van der Waals surface area contributed by atoms with Crippen LogP contribution in [0.4, 0.5) is 0 Å². The molecule has 2 heterocycles. The number of halogens is 1. The summed E-state index contributed by atoms with van der Waals surface area (Å²) in [5, 5.41) is 13.3. The van der Waals surface area contributed by atoms with E-state index in [0.29, 0.717) is 18.9 Å². The van der Waals surface area contributed by atoms with Gasteiger partial charge in [-0.05, 0) is 59.0 Å². The van der Waals surface area contributed by atoms with Gasteiger partial charge in [0.25, 0.3) is 0 Å². The van der Waals surface area contributed by atoms with Crippen molar-refractivity contribution in [1.82, 2.24) is 5.32 Å². The molecule has 5 nitrogen and oxygen atoms in total. The molecule has 0 saturated carbocycles. The van der Waals surface area contributed by atoms with Gasteiger partial charge < -0.3 is 24.6 Å². The summed E-state index contributed by atoms with van der Waals surface area (Å²) >= 11 is 6.67. The number of aliphatic hydroxyl groups is 1. The van der Waals surface area contributed by atoms with E-state index < -0.39 is 0 Å². The van der Waals surface area contributed by atoms with Crippen LogP contribution >= 0.6 is 11.6 Å². The molecule has 2 atom stereocenters. The lowest BCUT2D eigenvalue weighted by Gasteiger charge is -2.29. The molecular weight excluding hydrogens is 438 g/mol. The first-order valence-corrected chi connectivity index (χ1v) is 11.5. The monoisotopic (exact) mass is 463 g/mol. The lowest BCUT2D eigenvalue weighted by Crippen LogP contribution is -2.30. The van der Waals surface area contributed by atoms with Crippen molar-refractivity contribution in [3.63, 3.8) is 0 Å². The van der Waals surface area contributed by atoms with Crippen molar-refractivity contribution in [3.8, 4) is 17.2 Å². The number of aryl methyl sites for hydroxylation is 1. The van der Waals surface area contributed by atoms with Gasteiger partial charge in [0.15, 0.2) is 11.5 Å². The molecule has 0 bridgehead atoms. The van der Waals surface area contributed by atoms with Crippen molar-refractivity contribution in [2.45, 2.75) is 31.6 Å². The second-order valence-electron chi connectivity index (χ2n) is 8.30. The fourth-order valence-corrected chi connectivity index (χ4v) is 4.53. The van der Waals surface area contributed by atoms with Crippen LogP contribution in [0.25, 0.3) is 6.08 Å². The highest BCUT2D eigenvalue weighted by atomic mass is 35.5. The Labute approximate surface area is 198 Å². The first kappa shape index (κ1) is 21.8. The summed E-state index contributed by atoms with van der Waals surface area (Å²) in [5.74, 6) is 2.22. The molecule has 0 aromatic heterocycles. The minimum Gasteiger partial charge on any atom is -0.489 e. The van der Waals surface area contributed by atoms with Crippen LogP contribution in [0.15, 0.2) is 60.7 Å². The Balaban J connectivity index is 1.42. The molecule has 0 radical (unpaired) electrons. The third kappa shape index (κ3) is 4.58. The number of nitrogens with one attached hydrogen (secondary N) is 1. The third-order valence-electron chi connectivity index (χ3n) is 6.09. The second kappa shape index (κ2) is 9.48. The maximum absolute atomic E-state index is 10.0. The molecule has 0 spiro atoms. The quantitative estimate of drug-likeness (QED) is 0.477. The van der Waals surface area contributed by atoms with Crippen LogP contribution in [0.5, 0.6) is 17.2 Å². The van der Waals surface area contributed by atoms with E-state index in [4.69, 9.17) is 25.8 Å². The van der Waals surface area contributed by atoms with E-state index in [9.17, 15) is 5.11 Å². The molecule has 6 heteroatoms. The average Bonchev–Trinajstić information content (AvgIpc) is 3.29. The fourth-order valence-electron chi connectivity index (χ4n) is 4.25. The minimum atomic E-state index is -0.177. The zero-order chi connectivity index (χ0) is 22.8. The Hall–Kier alpha value is -2.99. The average molecular weight is 464 g/mol. The van der Waals surface area contributed by atoms with E-state index in [1.165, 1.54) is 0 Å². The first-order valence-electron chi connectivity index (χ1n) is 11.0. The number of ether oxygens (including phenoxy) is 3. The van der Waals surface area contributed by atoms with Gasteiger partial charge >= 0.3 is 0 Å². The Morgan fingerprint density at radius 2 is 1.88 bits per heavy atom. The summed E-state index contributed by atoms with van der Waals surface area (Å²) in [6, 6.07) is 17.9. The van der Waals surface area contributed by atoms with Crippen LogP contribution < -0.4 is 19.5 Å². The van der Waals surface area contributed by atoms with Gasteiger partial charge in [-0.3, -0.25) is 0 Å². The van der Waals surface area contributed by atoms with Gasteiger partial charge in [0.05, 0.1) is 18.0 Å². The molecule has 2 N–H and O–H groups in total. The van der Waals surface area contributed by atoms with Crippen LogP contribution in [0.2, 0.25) is 0 Å².